The highest BCUT2D eigenvalue weighted by molar-refractivity contribution is 5.96. The second-order valence-electron chi connectivity index (χ2n) is 6.01. The molecule has 0 saturated heterocycles. The maximum Gasteiger partial charge on any atom is 0.265 e. The lowest BCUT2D eigenvalue weighted by Gasteiger charge is -2.09. The van der Waals surface area contributed by atoms with Gasteiger partial charge in [0.1, 0.15) is 6.33 Å². The maximum absolute atomic E-state index is 12.6. The first-order valence-corrected chi connectivity index (χ1v) is 8.71. The Kier molecular flexibility index (Phi) is 6.13. The van der Waals surface area contributed by atoms with Crippen LogP contribution in [0.4, 0.5) is 0 Å². The number of nitrogens with zero attached hydrogens (tertiary/aromatic N) is 2. The summed E-state index contributed by atoms with van der Waals surface area (Å²) in [6.45, 7) is 0.664. The van der Waals surface area contributed by atoms with Gasteiger partial charge in [-0.1, -0.05) is 12.1 Å². The molecular formula is C20H20N4O4. The Labute approximate surface area is 161 Å². The second-order valence-corrected chi connectivity index (χ2v) is 6.01. The van der Waals surface area contributed by atoms with Crippen molar-refractivity contribution in [3.63, 3.8) is 0 Å². The number of rotatable bonds is 7. The molecule has 0 radical (unpaired) electrons. The first-order valence-electron chi connectivity index (χ1n) is 8.71. The van der Waals surface area contributed by atoms with Gasteiger partial charge in [-0.3, -0.25) is 19.0 Å². The van der Waals surface area contributed by atoms with Crippen LogP contribution in [-0.4, -0.2) is 48.2 Å². The molecule has 2 N–H and O–H groups in total. The Hall–Kier alpha value is -3.52. The highest BCUT2D eigenvalue weighted by atomic mass is 16.5. The molecule has 0 fully saturated rings. The number of methoxy groups -OCH3 is 1. The molecule has 28 heavy (non-hydrogen) atoms. The fourth-order valence-corrected chi connectivity index (χ4v) is 2.64. The van der Waals surface area contributed by atoms with Gasteiger partial charge in [0.25, 0.3) is 11.5 Å². The van der Waals surface area contributed by atoms with Gasteiger partial charge in [-0.05, 0) is 36.4 Å². The SMILES string of the molecule is COCCNC(=O)CNC(=O)c1ccc(-n2cnc3ccccc3c2=O)cc1. The van der Waals surface area contributed by atoms with Gasteiger partial charge < -0.3 is 15.4 Å². The van der Waals surface area contributed by atoms with Crippen molar-refractivity contribution in [2.24, 2.45) is 0 Å². The zero-order valence-corrected chi connectivity index (χ0v) is 15.3. The minimum Gasteiger partial charge on any atom is -0.383 e. The summed E-state index contributed by atoms with van der Waals surface area (Å²) < 4.78 is 6.26. The van der Waals surface area contributed by atoms with Crippen LogP contribution in [0.5, 0.6) is 0 Å². The molecule has 0 saturated carbocycles. The standard InChI is InChI=1S/C20H20N4O4/c1-28-11-10-21-18(25)12-22-19(26)14-6-8-15(9-7-14)24-13-23-17-5-3-2-4-16(17)20(24)27/h2-9,13H,10-12H2,1H3,(H,21,25)(H,22,26). The molecule has 0 aliphatic carbocycles. The molecule has 3 rings (SSSR count). The van der Waals surface area contributed by atoms with Gasteiger partial charge in [0, 0.05) is 19.2 Å². The smallest absolute Gasteiger partial charge is 0.265 e. The van der Waals surface area contributed by atoms with E-state index >= 15 is 0 Å². The minimum absolute atomic E-state index is 0.127. The fraction of sp³-hybridized carbons (Fsp3) is 0.200. The molecule has 0 bridgehead atoms. The van der Waals surface area contributed by atoms with Crippen molar-refractivity contribution in [1.29, 1.82) is 0 Å². The largest absolute Gasteiger partial charge is 0.383 e. The van der Waals surface area contributed by atoms with E-state index in [0.717, 1.165) is 0 Å². The predicted molar refractivity (Wildman–Crippen MR) is 105 cm³/mol. The molecular weight excluding hydrogens is 360 g/mol. The number of para-hydroxylation sites is 1. The van der Waals surface area contributed by atoms with E-state index in [4.69, 9.17) is 4.74 Å². The van der Waals surface area contributed by atoms with Crippen molar-refractivity contribution >= 4 is 22.7 Å². The van der Waals surface area contributed by atoms with Crippen LogP contribution in [0, 0.1) is 0 Å². The molecule has 0 spiro atoms. The van der Waals surface area contributed by atoms with Crippen molar-refractivity contribution in [2.45, 2.75) is 0 Å². The molecule has 0 aliphatic heterocycles. The first kappa shape index (κ1) is 19.2. The summed E-state index contributed by atoms with van der Waals surface area (Å²) >= 11 is 0. The molecule has 8 nitrogen and oxygen atoms in total. The third-order valence-corrected chi connectivity index (χ3v) is 4.11. The number of carbonyl (C=O) groups excluding carboxylic acids is 2. The van der Waals surface area contributed by atoms with E-state index in [2.05, 4.69) is 15.6 Å². The van der Waals surface area contributed by atoms with Crippen molar-refractivity contribution < 1.29 is 14.3 Å². The number of benzene rings is 2. The summed E-state index contributed by atoms with van der Waals surface area (Å²) in [5.74, 6) is -0.673. The molecule has 2 aromatic carbocycles. The maximum atomic E-state index is 12.6. The van der Waals surface area contributed by atoms with Gasteiger partial charge in [0.2, 0.25) is 5.91 Å². The van der Waals surface area contributed by atoms with Crippen molar-refractivity contribution in [3.8, 4) is 5.69 Å². The average molecular weight is 380 g/mol. The minimum atomic E-state index is -0.377. The highest BCUT2D eigenvalue weighted by Crippen LogP contribution is 2.10. The van der Waals surface area contributed by atoms with Gasteiger partial charge in [-0.25, -0.2) is 4.98 Å². The van der Waals surface area contributed by atoms with Gasteiger partial charge >= 0.3 is 0 Å². The van der Waals surface area contributed by atoms with Crippen LogP contribution in [0.2, 0.25) is 0 Å². The highest BCUT2D eigenvalue weighted by Gasteiger charge is 2.09. The van der Waals surface area contributed by atoms with E-state index in [0.29, 0.717) is 35.3 Å². The number of nitrogens with one attached hydrogen (secondary N) is 2. The first-order chi connectivity index (χ1) is 13.6. The van der Waals surface area contributed by atoms with Gasteiger partial charge in [0.15, 0.2) is 0 Å². The summed E-state index contributed by atoms with van der Waals surface area (Å²) in [5.41, 5.74) is 1.42. The summed E-state index contributed by atoms with van der Waals surface area (Å²) in [6.07, 6.45) is 1.46. The van der Waals surface area contributed by atoms with Gasteiger partial charge in [0.05, 0.1) is 29.7 Å². The normalized spacial score (nSPS) is 10.6. The molecule has 0 atom stereocenters. The number of fused-ring (bicyclic) bond motifs is 1. The van der Waals surface area contributed by atoms with E-state index in [1.165, 1.54) is 10.9 Å². The van der Waals surface area contributed by atoms with E-state index in [-0.39, 0.29) is 23.9 Å². The second kappa shape index (κ2) is 8.92. The van der Waals surface area contributed by atoms with Crippen LogP contribution in [0.1, 0.15) is 10.4 Å². The Morgan fingerprint density at radius 3 is 2.57 bits per heavy atom. The van der Waals surface area contributed by atoms with Gasteiger partial charge in [-0.2, -0.15) is 0 Å². The van der Waals surface area contributed by atoms with Gasteiger partial charge in [-0.15, -0.1) is 0 Å². The van der Waals surface area contributed by atoms with E-state index in [1.54, 1.807) is 49.6 Å². The molecule has 2 amide bonds. The Bertz CT molecular complexity index is 1040. The number of ether oxygens (including phenoxy) is 1. The van der Waals surface area contributed by atoms with Crippen LogP contribution < -0.4 is 16.2 Å². The Balaban J connectivity index is 1.68. The third-order valence-electron chi connectivity index (χ3n) is 4.11. The topological polar surface area (TPSA) is 102 Å². The molecule has 1 heterocycles. The summed E-state index contributed by atoms with van der Waals surface area (Å²) in [5, 5.41) is 5.69. The number of aromatic nitrogens is 2. The fourth-order valence-electron chi connectivity index (χ4n) is 2.64. The van der Waals surface area contributed by atoms with Crippen molar-refractivity contribution in [2.75, 3.05) is 26.8 Å². The number of hydrogen-bond acceptors (Lipinski definition) is 5. The van der Waals surface area contributed by atoms with Crippen LogP contribution >= 0.6 is 0 Å². The molecule has 0 unspecified atom stereocenters. The van der Waals surface area contributed by atoms with Crippen LogP contribution in [0.3, 0.4) is 0 Å². The molecule has 144 valence electrons. The number of amides is 2. The van der Waals surface area contributed by atoms with E-state index in [1.807, 2.05) is 6.07 Å². The van der Waals surface area contributed by atoms with Crippen molar-refractivity contribution in [1.82, 2.24) is 20.2 Å². The Morgan fingerprint density at radius 1 is 1.07 bits per heavy atom. The lowest BCUT2D eigenvalue weighted by atomic mass is 10.2. The van der Waals surface area contributed by atoms with E-state index < -0.39 is 0 Å². The zero-order chi connectivity index (χ0) is 19.9. The van der Waals surface area contributed by atoms with Crippen molar-refractivity contribution in [3.05, 3.63) is 70.8 Å². The monoisotopic (exact) mass is 380 g/mol. The summed E-state index contributed by atoms with van der Waals surface area (Å²) in [6, 6.07) is 13.6. The lowest BCUT2D eigenvalue weighted by molar-refractivity contribution is -0.120. The third kappa shape index (κ3) is 4.41. The number of hydrogen-bond donors (Lipinski definition) is 2. The summed E-state index contributed by atoms with van der Waals surface area (Å²) in [7, 11) is 1.54. The molecule has 3 aromatic rings. The molecule has 1 aromatic heterocycles. The summed E-state index contributed by atoms with van der Waals surface area (Å²) in [4.78, 5) is 40.7. The lowest BCUT2D eigenvalue weighted by Crippen LogP contribution is -2.38. The average Bonchev–Trinajstić information content (AvgIpc) is 2.73. The molecule has 8 heteroatoms. The quantitative estimate of drug-likeness (QED) is 0.593. The zero-order valence-electron chi connectivity index (χ0n) is 15.3. The van der Waals surface area contributed by atoms with Crippen LogP contribution in [0.15, 0.2) is 59.7 Å². The molecule has 0 aliphatic rings. The van der Waals surface area contributed by atoms with Crippen LogP contribution in [0.25, 0.3) is 16.6 Å². The van der Waals surface area contributed by atoms with Crippen LogP contribution in [-0.2, 0) is 9.53 Å². The Morgan fingerprint density at radius 2 is 1.82 bits per heavy atom. The number of carbonyl (C=O) groups is 2. The van der Waals surface area contributed by atoms with E-state index in [9.17, 15) is 14.4 Å². The predicted octanol–water partition coefficient (Wildman–Crippen LogP) is 0.878.